The topological polar surface area (TPSA) is 105 Å². The zero-order valence-corrected chi connectivity index (χ0v) is 11.9. The molecule has 112 valence electrons. The molecule has 0 aromatic carbocycles. The summed E-state index contributed by atoms with van der Waals surface area (Å²) in [5.41, 5.74) is 0. The van der Waals surface area contributed by atoms with E-state index in [4.69, 9.17) is 9.29 Å². The van der Waals surface area contributed by atoms with Gasteiger partial charge in [-0.3, -0.25) is 9.35 Å². The second-order valence-electron chi connectivity index (χ2n) is 3.86. The number of ether oxygens (including phenoxy) is 1. The van der Waals surface area contributed by atoms with Crippen LogP contribution in [-0.2, 0) is 19.6 Å². The normalized spacial score (nSPS) is 16.7. The van der Waals surface area contributed by atoms with Crippen molar-refractivity contribution in [2.75, 3.05) is 32.8 Å². The molecule has 0 spiro atoms. The third-order valence-corrected chi connectivity index (χ3v) is 3.75. The molecule has 3 N–H and O–H groups in total. The minimum atomic E-state index is -4.07. The first-order valence-electron chi connectivity index (χ1n) is 6.06. The van der Waals surface area contributed by atoms with E-state index in [0.717, 1.165) is 32.4 Å². The molecule has 0 saturated carbocycles. The molecule has 0 aromatic heterocycles. The van der Waals surface area contributed by atoms with Gasteiger partial charge in [0.15, 0.2) is 0 Å². The highest BCUT2D eigenvalue weighted by atomic mass is 32.2. The van der Waals surface area contributed by atoms with Crippen LogP contribution < -0.4 is 10.6 Å². The molecule has 1 unspecified atom stereocenters. The molecule has 8 heteroatoms. The summed E-state index contributed by atoms with van der Waals surface area (Å²) < 4.78 is 34.9. The average Bonchev–Trinajstić information content (AvgIpc) is 2.40. The zero-order chi connectivity index (χ0) is 14.7. The van der Waals surface area contributed by atoms with E-state index in [9.17, 15) is 13.2 Å². The Bertz CT molecular complexity index is 354. The molecule has 1 aliphatic heterocycles. The highest BCUT2D eigenvalue weighted by Gasteiger charge is 2.20. The van der Waals surface area contributed by atoms with Crippen molar-refractivity contribution in [2.45, 2.75) is 18.6 Å². The van der Waals surface area contributed by atoms with Gasteiger partial charge in [0.2, 0.25) is 5.91 Å². The second kappa shape index (κ2) is 9.90. The summed E-state index contributed by atoms with van der Waals surface area (Å²) in [5, 5.41) is 4.51. The van der Waals surface area contributed by atoms with Crippen LogP contribution in [0.25, 0.3) is 0 Å². The van der Waals surface area contributed by atoms with Crippen molar-refractivity contribution in [3.63, 3.8) is 0 Å². The van der Waals surface area contributed by atoms with Crippen LogP contribution >= 0.6 is 0 Å². The lowest BCUT2D eigenvalue weighted by molar-refractivity contribution is -0.116. The lowest BCUT2D eigenvalue weighted by Crippen LogP contribution is -2.35. The van der Waals surface area contributed by atoms with Crippen LogP contribution in [0.2, 0.25) is 0 Å². The molecule has 1 saturated heterocycles. The minimum absolute atomic E-state index is 0.0970. The van der Waals surface area contributed by atoms with Crippen molar-refractivity contribution >= 4 is 16.0 Å². The molecule has 1 rings (SSSR count). The Morgan fingerprint density at radius 2 is 2.11 bits per heavy atom. The van der Waals surface area contributed by atoms with Gasteiger partial charge < -0.3 is 15.4 Å². The fourth-order valence-electron chi connectivity index (χ4n) is 1.26. The summed E-state index contributed by atoms with van der Waals surface area (Å²) in [6.45, 7) is 8.55. The average molecular weight is 294 g/mol. The van der Waals surface area contributed by atoms with E-state index < -0.39 is 21.3 Å². The quantitative estimate of drug-likeness (QED) is 0.469. The molecule has 1 fully saturated rings. The predicted molar refractivity (Wildman–Crippen MR) is 72.5 cm³/mol. The first kappa shape index (κ1) is 18.0. The van der Waals surface area contributed by atoms with Crippen LogP contribution in [-0.4, -0.2) is 57.0 Å². The Balaban J connectivity index is 0.000000443. The summed E-state index contributed by atoms with van der Waals surface area (Å²) >= 11 is 0. The van der Waals surface area contributed by atoms with Gasteiger partial charge >= 0.3 is 0 Å². The Labute approximate surface area is 114 Å². The van der Waals surface area contributed by atoms with Crippen LogP contribution in [0.1, 0.15) is 13.3 Å². The van der Waals surface area contributed by atoms with Crippen LogP contribution in [0.4, 0.5) is 0 Å². The van der Waals surface area contributed by atoms with E-state index in [1.165, 1.54) is 0 Å². The van der Waals surface area contributed by atoms with E-state index in [2.05, 4.69) is 17.2 Å². The van der Waals surface area contributed by atoms with Gasteiger partial charge in [-0.15, -0.1) is 0 Å². The van der Waals surface area contributed by atoms with Gasteiger partial charge in [0, 0.05) is 19.6 Å². The van der Waals surface area contributed by atoms with E-state index in [1.807, 2.05) is 0 Å². The first-order valence-corrected chi connectivity index (χ1v) is 7.57. The Kier molecular flexibility index (Phi) is 9.40. The van der Waals surface area contributed by atoms with Crippen molar-refractivity contribution in [3.05, 3.63) is 12.7 Å². The standard InChI is InChI=1S/C7H13NO4S.C4H9NO/c1-3-6(13(10,11)12)5-8-7(9)4-2;1-3-6-4-2-5-1/h4,6H,2-3,5H2,1H3,(H,8,9)(H,10,11,12);5H,1-4H2. The third kappa shape index (κ3) is 9.60. The van der Waals surface area contributed by atoms with E-state index in [1.54, 1.807) is 6.92 Å². The van der Waals surface area contributed by atoms with Gasteiger partial charge in [-0.1, -0.05) is 13.5 Å². The molecule has 0 radical (unpaired) electrons. The van der Waals surface area contributed by atoms with Crippen molar-refractivity contribution < 1.29 is 22.5 Å². The van der Waals surface area contributed by atoms with Crippen molar-refractivity contribution in [1.82, 2.24) is 10.6 Å². The van der Waals surface area contributed by atoms with Crippen molar-refractivity contribution in [2.24, 2.45) is 0 Å². The Morgan fingerprint density at radius 3 is 2.37 bits per heavy atom. The summed E-state index contributed by atoms with van der Waals surface area (Å²) in [4.78, 5) is 10.7. The van der Waals surface area contributed by atoms with Gasteiger partial charge in [0.1, 0.15) is 5.25 Å². The Hall–Kier alpha value is -0.960. The number of hydrogen-bond donors (Lipinski definition) is 3. The molecule has 0 aliphatic carbocycles. The van der Waals surface area contributed by atoms with Crippen molar-refractivity contribution in [1.29, 1.82) is 0 Å². The fourth-order valence-corrected chi connectivity index (χ4v) is 1.98. The van der Waals surface area contributed by atoms with E-state index in [0.29, 0.717) is 0 Å². The molecule has 1 amide bonds. The second-order valence-corrected chi connectivity index (χ2v) is 5.55. The van der Waals surface area contributed by atoms with Gasteiger partial charge in [-0.2, -0.15) is 8.42 Å². The highest BCUT2D eigenvalue weighted by Crippen LogP contribution is 2.01. The fraction of sp³-hybridized carbons (Fsp3) is 0.727. The zero-order valence-electron chi connectivity index (χ0n) is 11.1. The predicted octanol–water partition coefficient (Wildman–Crippen LogP) is -0.439. The van der Waals surface area contributed by atoms with Gasteiger partial charge in [0.05, 0.1) is 13.2 Å². The molecule has 19 heavy (non-hydrogen) atoms. The van der Waals surface area contributed by atoms with Gasteiger partial charge in [-0.05, 0) is 12.5 Å². The molecular formula is C11H22N2O5S. The number of nitrogens with one attached hydrogen (secondary N) is 2. The number of amides is 1. The molecular weight excluding hydrogens is 272 g/mol. The minimum Gasteiger partial charge on any atom is -0.379 e. The third-order valence-electron chi connectivity index (χ3n) is 2.41. The lowest BCUT2D eigenvalue weighted by atomic mass is 10.3. The number of carbonyl (C=O) groups is 1. The monoisotopic (exact) mass is 294 g/mol. The number of hydrogen-bond acceptors (Lipinski definition) is 5. The smallest absolute Gasteiger partial charge is 0.269 e. The SMILES string of the molecule is C1COCCN1.C=CC(=O)NCC(CC)S(=O)(=O)O. The number of rotatable bonds is 5. The molecule has 1 aliphatic rings. The van der Waals surface area contributed by atoms with E-state index >= 15 is 0 Å². The highest BCUT2D eigenvalue weighted by molar-refractivity contribution is 7.86. The molecule has 0 aromatic rings. The maximum absolute atomic E-state index is 10.7. The summed E-state index contributed by atoms with van der Waals surface area (Å²) in [6, 6.07) is 0. The number of morpholine rings is 1. The van der Waals surface area contributed by atoms with Crippen LogP contribution in [0, 0.1) is 0 Å². The molecule has 1 heterocycles. The summed E-state index contributed by atoms with van der Waals surface area (Å²) in [7, 11) is -4.07. The maximum atomic E-state index is 10.7. The molecule has 1 atom stereocenters. The van der Waals surface area contributed by atoms with Crippen LogP contribution in [0.3, 0.4) is 0 Å². The summed E-state index contributed by atoms with van der Waals surface area (Å²) in [5.74, 6) is -0.456. The van der Waals surface area contributed by atoms with Gasteiger partial charge in [0.25, 0.3) is 10.1 Å². The first-order chi connectivity index (χ1) is 8.91. The van der Waals surface area contributed by atoms with E-state index in [-0.39, 0.29) is 13.0 Å². The van der Waals surface area contributed by atoms with Gasteiger partial charge in [-0.25, -0.2) is 0 Å². The molecule has 7 nitrogen and oxygen atoms in total. The molecule has 0 bridgehead atoms. The van der Waals surface area contributed by atoms with Crippen molar-refractivity contribution in [3.8, 4) is 0 Å². The summed E-state index contributed by atoms with van der Waals surface area (Å²) in [6.07, 6.45) is 1.28. The largest absolute Gasteiger partial charge is 0.379 e. The maximum Gasteiger partial charge on any atom is 0.269 e. The lowest BCUT2D eigenvalue weighted by Gasteiger charge is -2.10. The Morgan fingerprint density at radius 1 is 1.53 bits per heavy atom. The van der Waals surface area contributed by atoms with Crippen LogP contribution in [0.5, 0.6) is 0 Å². The number of carbonyl (C=O) groups excluding carboxylic acids is 1. The van der Waals surface area contributed by atoms with Crippen LogP contribution in [0.15, 0.2) is 12.7 Å².